The molecule has 0 fully saturated rings. The molecule has 0 unspecified atom stereocenters. The van der Waals surface area contributed by atoms with Gasteiger partial charge in [0.05, 0.1) is 0 Å². The molecule has 0 aliphatic rings. The van der Waals surface area contributed by atoms with Crippen LogP contribution in [0.25, 0.3) is 0 Å². The van der Waals surface area contributed by atoms with E-state index in [4.69, 9.17) is 9.90 Å². The number of carboxylic acid groups (broad SMARTS) is 1. The van der Waals surface area contributed by atoms with Crippen LogP contribution < -0.4 is 11.3 Å². The van der Waals surface area contributed by atoms with E-state index < -0.39 is 5.97 Å². The van der Waals surface area contributed by atoms with Crippen LogP contribution in [0.5, 0.6) is 0 Å². The van der Waals surface area contributed by atoms with Crippen molar-refractivity contribution in [2.24, 2.45) is 0 Å². The van der Waals surface area contributed by atoms with E-state index in [9.17, 15) is 0 Å². The van der Waals surface area contributed by atoms with Crippen LogP contribution in [-0.4, -0.2) is 5.97 Å². The fourth-order valence-electron chi connectivity index (χ4n) is 0. The molecule has 4 nitrogen and oxygen atoms in total. The summed E-state index contributed by atoms with van der Waals surface area (Å²) in [5.74, 6) is -1.08. The Morgan fingerprint density at radius 1 is 1.57 bits per heavy atom. The molecule has 0 spiro atoms. The molecule has 0 aromatic heterocycles. The Bertz CT molecular complexity index is 35.9. The van der Waals surface area contributed by atoms with E-state index >= 15 is 0 Å². The third-order valence-electron chi connectivity index (χ3n) is 0. The van der Waals surface area contributed by atoms with Crippen molar-refractivity contribution in [1.82, 2.24) is 6.15 Å². The van der Waals surface area contributed by atoms with Gasteiger partial charge in [-0.05, 0) is 6.92 Å². The van der Waals surface area contributed by atoms with Gasteiger partial charge in [0.2, 0.25) is 0 Å². The predicted molar refractivity (Wildman–Crippen MR) is 17.4 cm³/mol. The molecule has 0 amide bonds. The first-order valence-electron chi connectivity index (χ1n) is 0.908. The summed E-state index contributed by atoms with van der Waals surface area (Å²) in [6, 6.07) is 0. The van der Waals surface area contributed by atoms with Crippen LogP contribution in [-0.2, 0) is 29.7 Å². The fourth-order valence-corrected chi connectivity index (χ4v) is 0. The summed E-state index contributed by atoms with van der Waals surface area (Å²) in [6.45, 7) is 0.972. The molecular formula is C2H7NO3Zn. The van der Waals surface area contributed by atoms with E-state index in [1.165, 1.54) is 0 Å². The summed E-state index contributed by atoms with van der Waals surface area (Å²) < 4.78 is 0. The van der Waals surface area contributed by atoms with Crippen LogP contribution in [0.1, 0.15) is 6.92 Å². The summed E-state index contributed by atoms with van der Waals surface area (Å²) >= 11 is 0. The molecule has 0 heterocycles. The van der Waals surface area contributed by atoms with Crippen LogP contribution in [0.4, 0.5) is 0 Å². The van der Waals surface area contributed by atoms with Crippen molar-refractivity contribution in [1.29, 1.82) is 0 Å². The number of carbonyl (C=O) groups excluding carboxylic acids is 1. The van der Waals surface area contributed by atoms with Gasteiger partial charge in [-0.3, -0.25) is 0 Å². The molecule has 0 aromatic rings. The van der Waals surface area contributed by atoms with Crippen LogP contribution in [0.3, 0.4) is 0 Å². The monoisotopic (exact) mass is 157 g/mol. The van der Waals surface area contributed by atoms with Crippen LogP contribution in [0.2, 0.25) is 0 Å². The zero-order chi connectivity index (χ0) is 3.58. The zero-order valence-electron chi connectivity index (χ0n) is 4.43. The summed E-state index contributed by atoms with van der Waals surface area (Å²) in [5.41, 5.74) is 0. The van der Waals surface area contributed by atoms with Crippen LogP contribution in [0.15, 0.2) is 0 Å². The van der Waals surface area contributed by atoms with Crippen molar-refractivity contribution in [3.8, 4) is 0 Å². The fraction of sp³-hybridized carbons (Fsp3) is 0.500. The van der Waals surface area contributed by atoms with Crippen molar-refractivity contribution in [2.75, 3.05) is 0 Å². The summed E-state index contributed by atoms with van der Waals surface area (Å²) in [7, 11) is 0. The van der Waals surface area contributed by atoms with Gasteiger partial charge >= 0.3 is 19.5 Å². The second-order valence-corrected chi connectivity index (χ2v) is 0.492. The van der Waals surface area contributed by atoms with E-state index in [1.807, 2.05) is 0 Å². The Hall–Kier alpha value is 0.0134. The van der Waals surface area contributed by atoms with Crippen molar-refractivity contribution >= 4 is 5.97 Å². The number of rotatable bonds is 0. The summed E-state index contributed by atoms with van der Waals surface area (Å²) in [6.07, 6.45) is 0. The van der Waals surface area contributed by atoms with Gasteiger partial charge in [0, 0.05) is 5.97 Å². The van der Waals surface area contributed by atoms with E-state index in [1.54, 1.807) is 0 Å². The number of hydrogen-bond acceptors (Lipinski definition) is 2. The number of aliphatic carboxylic acids is 1. The molecule has 0 rings (SSSR count). The smallest absolute Gasteiger partial charge is 2.00 e. The normalized spacial score (nSPS) is 3.57. The number of quaternary nitrogens is 1. The van der Waals surface area contributed by atoms with Gasteiger partial charge in [-0.25, -0.2) is 0 Å². The van der Waals surface area contributed by atoms with Gasteiger partial charge < -0.3 is 21.5 Å². The van der Waals surface area contributed by atoms with Crippen LogP contribution in [0, 0.1) is 0 Å². The Morgan fingerprint density at radius 2 is 1.57 bits per heavy atom. The minimum atomic E-state index is -1.08. The third kappa shape index (κ3) is 541000. The second-order valence-electron chi connectivity index (χ2n) is 0.492. The SMILES string of the molecule is CC(=O)[O-].[NH4+].[O-2].[Zn+2]. The van der Waals surface area contributed by atoms with E-state index in [2.05, 4.69) is 0 Å². The van der Waals surface area contributed by atoms with Crippen molar-refractivity contribution in [3.63, 3.8) is 0 Å². The molecule has 40 valence electrons. The largest absolute Gasteiger partial charge is 2.00 e. The maximum Gasteiger partial charge on any atom is 2.00 e. The zero-order valence-corrected chi connectivity index (χ0v) is 7.40. The third-order valence-corrected chi connectivity index (χ3v) is 0. The molecule has 0 saturated heterocycles. The molecule has 5 heteroatoms. The molecular weight excluding hydrogens is 151 g/mol. The van der Waals surface area contributed by atoms with Gasteiger partial charge in [0.15, 0.2) is 0 Å². The molecule has 0 saturated carbocycles. The number of carbonyl (C=O) groups is 1. The first kappa shape index (κ1) is 27.9. The van der Waals surface area contributed by atoms with E-state index in [-0.39, 0.29) is 31.1 Å². The molecule has 0 aliphatic heterocycles. The first-order valence-corrected chi connectivity index (χ1v) is 0.908. The maximum absolute atomic E-state index is 8.89. The summed E-state index contributed by atoms with van der Waals surface area (Å²) in [4.78, 5) is 8.89. The van der Waals surface area contributed by atoms with E-state index in [0.29, 0.717) is 0 Å². The molecule has 0 atom stereocenters. The first-order chi connectivity index (χ1) is 1.73. The van der Waals surface area contributed by atoms with Gasteiger partial charge in [0.25, 0.3) is 0 Å². The quantitative estimate of drug-likeness (QED) is 0.457. The molecule has 0 aromatic carbocycles. The Labute approximate surface area is 54.6 Å². The van der Waals surface area contributed by atoms with Crippen molar-refractivity contribution < 1.29 is 34.9 Å². The molecule has 0 bridgehead atoms. The second kappa shape index (κ2) is 16.6. The Kier molecular flexibility index (Phi) is 66.4. The number of carboxylic acids is 1. The van der Waals surface area contributed by atoms with Gasteiger partial charge in [0.1, 0.15) is 0 Å². The number of hydrogen-bond donors (Lipinski definition) is 1. The van der Waals surface area contributed by atoms with Crippen molar-refractivity contribution in [2.45, 2.75) is 6.92 Å². The van der Waals surface area contributed by atoms with Gasteiger partial charge in [-0.1, -0.05) is 0 Å². The summed E-state index contributed by atoms with van der Waals surface area (Å²) in [5, 5.41) is 8.89. The molecule has 0 aliphatic carbocycles. The predicted octanol–water partition coefficient (Wildman–Crippen LogP) is -0.989. The maximum atomic E-state index is 8.89. The van der Waals surface area contributed by atoms with Gasteiger partial charge in [-0.2, -0.15) is 0 Å². The minimum Gasteiger partial charge on any atom is -2.00 e. The standard InChI is InChI=1S/C2H4O2.H3N.O.Zn/c1-2(3)4;;;/h1H3,(H,3,4);1H3;;/q;;-2;+2. The van der Waals surface area contributed by atoms with E-state index in [0.717, 1.165) is 6.92 Å². The minimum absolute atomic E-state index is 0. The molecule has 0 radical (unpaired) electrons. The molecule has 7 heavy (non-hydrogen) atoms. The van der Waals surface area contributed by atoms with Gasteiger partial charge in [-0.15, -0.1) is 0 Å². The van der Waals surface area contributed by atoms with Crippen LogP contribution >= 0.6 is 0 Å². The average molecular weight is 158 g/mol. The average Bonchev–Trinajstić information content (AvgIpc) is 0.811. The Balaban J connectivity index is -0.0000000150. The Morgan fingerprint density at radius 3 is 1.57 bits per heavy atom. The topological polar surface area (TPSA) is 105 Å². The molecule has 4 N–H and O–H groups in total. The van der Waals surface area contributed by atoms with Crippen molar-refractivity contribution in [3.05, 3.63) is 0 Å².